The molecule has 2 aliphatic rings. The lowest BCUT2D eigenvalue weighted by molar-refractivity contribution is 0.384. The Balaban J connectivity index is 1.33. The van der Waals surface area contributed by atoms with Crippen molar-refractivity contribution in [2.24, 2.45) is 0 Å². The molecule has 2 aliphatic heterocycles. The molecule has 0 atom stereocenters. The summed E-state index contributed by atoms with van der Waals surface area (Å²) in [6.07, 6.45) is 2.05. The van der Waals surface area contributed by atoms with Gasteiger partial charge in [0.05, 0.1) is 0 Å². The number of benzene rings is 2. The van der Waals surface area contributed by atoms with Gasteiger partial charge in [-0.3, -0.25) is 0 Å². The van der Waals surface area contributed by atoms with Crippen molar-refractivity contribution in [2.75, 3.05) is 42.9 Å². The van der Waals surface area contributed by atoms with Crippen LogP contribution in [0.5, 0.6) is 0 Å². The molecule has 2 heterocycles. The third-order valence-corrected chi connectivity index (χ3v) is 5.45. The standard InChI is InChI=1S/C21H24N4S/c1-16-6-8-18(9-7-16)24-10-12-25(13-11-24)21(26)23-15-17-14-22-20-5-3-2-4-19(17)20/h2-9,15,22H,10-14H2,1H3,(H,23,26)/b17-15-. The van der Waals surface area contributed by atoms with Gasteiger partial charge in [-0.15, -0.1) is 0 Å². The number of piperazine rings is 1. The van der Waals surface area contributed by atoms with Crippen LogP contribution in [0.1, 0.15) is 11.1 Å². The van der Waals surface area contributed by atoms with Gasteiger partial charge in [0, 0.05) is 55.9 Å². The molecule has 2 aromatic carbocycles. The average Bonchev–Trinajstić information content (AvgIpc) is 3.10. The first-order valence-electron chi connectivity index (χ1n) is 9.10. The summed E-state index contributed by atoms with van der Waals surface area (Å²) in [5.74, 6) is 0. The van der Waals surface area contributed by atoms with E-state index in [2.05, 4.69) is 75.9 Å². The van der Waals surface area contributed by atoms with E-state index in [0.29, 0.717) is 0 Å². The van der Waals surface area contributed by atoms with Crippen molar-refractivity contribution in [1.82, 2.24) is 10.2 Å². The highest BCUT2D eigenvalue weighted by atomic mass is 32.1. The molecule has 2 aromatic rings. The maximum atomic E-state index is 5.61. The second-order valence-corrected chi connectivity index (χ2v) is 7.21. The van der Waals surface area contributed by atoms with Gasteiger partial charge in [-0.25, -0.2) is 0 Å². The highest BCUT2D eigenvalue weighted by Crippen LogP contribution is 2.29. The van der Waals surface area contributed by atoms with Gasteiger partial charge >= 0.3 is 0 Å². The van der Waals surface area contributed by atoms with Crippen LogP contribution in [-0.4, -0.2) is 42.7 Å². The molecule has 0 aliphatic carbocycles. The number of para-hydroxylation sites is 1. The van der Waals surface area contributed by atoms with Crippen LogP contribution >= 0.6 is 12.2 Å². The second kappa shape index (κ2) is 7.38. The van der Waals surface area contributed by atoms with Crippen LogP contribution in [0.4, 0.5) is 11.4 Å². The van der Waals surface area contributed by atoms with Crippen molar-refractivity contribution in [3.05, 3.63) is 65.9 Å². The lowest BCUT2D eigenvalue weighted by Gasteiger charge is -2.37. The number of fused-ring (bicyclic) bond motifs is 1. The zero-order valence-electron chi connectivity index (χ0n) is 15.0. The first kappa shape index (κ1) is 16.9. The maximum Gasteiger partial charge on any atom is 0.173 e. The SMILES string of the molecule is Cc1ccc(N2CCN(C(=S)N/C=C3/CNc4ccccc43)CC2)cc1. The monoisotopic (exact) mass is 364 g/mol. The summed E-state index contributed by atoms with van der Waals surface area (Å²) < 4.78 is 0. The molecule has 0 radical (unpaired) electrons. The van der Waals surface area contributed by atoms with Crippen LogP contribution in [0, 0.1) is 6.92 Å². The van der Waals surface area contributed by atoms with Gasteiger partial charge in [0.25, 0.3) is 0 Å². The third kappa shape index (κ3) is 3.53. The van der Waals surface area contributed by atoms with Gasteiger partial charge in [-0.2, -0.15) is 0 Å². The van der Waals surface area contributed by atoms with Crippen molar-refractivity contribution in [3.63, 3.8) is 0 Å². The Kier molecular flexibility index (Phi) is 4.80. The number of aryl methyl sites for hydroxylation is 1. The minimum atomic E-state index is 0.811. The quantitative estimate of drug-likeness (QED) is 0.797. The zero-order chi connectivity index (χ0) is 17.9. The molecule has 0 unspecified atom stereocenters. The number of anilines is 2. The van der Waals surface area contributed by atoms with Crippen LogP contribution in [0.25, 0.3) is 5.57 Å². The molecule has 0 saturated carbocycles. The summed E-state index contributed by atoms with van der Waals surface area (Å²) in [7, 11) is 0. The third-order valence-electron chi connectivity index (χ3n) is 5.08. The van der Waals surface area contributed by atoms with Gasteiger partial charge in [0.15, 0.2) is 5.11 Å². The summed E-state index contributed by atoms with van der Waals surface area (Å²) >= 11 is 5.61. The first-order valence-corrected chi connectivity index (χ1v) is 9.51. The molecular formula is C21H24N4S. The van der Waals surface area contributed by atoms with E-state index in [4.69, 9.17) is 12.2 Å². The van der Waals surface area contributed by atoms with E-state index in [1.165, 1.54) is 28.1 Å². The van der Waals surface area contributed by atoms with E-state index >= 15 is 0 Å². The Labute approximate surface area is 160 Å². The zero-order valence-corrected chi connectivity index (χ0v) is 15.9. The molecule has 1 saturated heterocycles. The van der Waals surface area contributed by atoms with Crippen molar-refractivity contribution < 1.29 is 0 Å². The molecule has 2 N–H and O–H groups in total. The summed E-state index contributed by atoms with van der Waals surface area (Å²) in [6, 6.07) is 17.1. The second-order valence-electron chi connectivity index (χ2n) is 6.83. The van der Waals surface area contributed by atoms with E-state index in [0.717, 1.165) is 37.8 Å². The molecule has 134 valence electrons. The normalized spacial score (nSPS) is 17.8. The number of hydrogen-bond acceptors (Lipinski definition) is 3. The van der Waals surface area contributed by atoms with Crippen LogP contribution in [0.3, 0.4) is 0 Å². The van der Waals surface area contributed by atoms with Crippen LogP contribution < -0.4 is 15.5 Å². The topological polar surface area (TPSA) is 30.5 Å². The van der Waals surface area contributed by atoms with Crippen molar-refractivity contribution in [1.29, 1.82) is 0 Å². The Bertz CT molecular complexity index is 820. The summed E-state index contributed by atoms with van der Waals surface area (Å²) in [5, 5.41) is 7.55. The fraction of sp³-hybridized carbons (Fsp3) is 0.286. The first-order chi connectivity index (χ1) is 12.7. The lowest BCUT2D eigenvalue weighted by atomic mass is 10.1. The highest BCUT2D eigenvalue weighted by Gasteiger charge is 2.19. The number of nitrogens with one attached hydrogen (secondary N) is 2. The minimum Gasteiger partial charge on any atom is -0.380 e. The largest absolute Gasteiger partial charge is 0.380 e. The molecule has 4 rings (SSSR count). The summed E-state index contributed by atoms with van der Waals surface area (Å²) in [5.41, 5.74) is 6.30. The van der Waals surface area contributed by atoms with Gasteiger partial charge < -0.3 is 20.4 Å². The highest BCUT2D eigenvalue weighted by molar-refractivity contribution is 7.80. The molecule has 26 heavy (non-hydrogen) atoms. The number of rotatable bonds is 2. The van der Waals surface area contributed by atoms with Crippen molar-refractivity contribution >= 4 is 34.3 Å². The van der Waals surface area contributed by atoms with E-state index in [-0.39, 0.29) is 0 Å². The number of hydrogen-bond donors (Lipinski definition) is 2. The fourth-order valence-corrected chi connectivity index (χ4v) is 3.74. The van der Waals surface area contributed by atoms with E-state index in [1.54, 1.807) is 0 Å². The fourth-order valence-electron chi connectivity index (χ4n) is 3.50. The van der Waals surface area contributed by atoms with Crippen LogP contribution in [0.2, 0.25) is 0 Å². The smallest absolute Gasteiger partial charge is 0.173 e. The van der Waals surface area contributed by atoms with Gasteiger partial charge in [-0.05, 0) is 42.9 Å². The van der Waals surface area contributed by atoms with E-state index in [1.807, 2.05) is 6.20 Å². The average molecular weight is 365 g/mol. The number of thiocarbonyl (C=S) groups is 1. The van der Waals surface area contributed by atoms with Gasteiger partial charge in [-0.1, -0.05) is 35.9 Å². The van der Waals surface area contributed by atoms with E-state index < -0.39 is 0 Å². The minimum absolute atomic E-state index is 0.811. The maximum absolute atomic E-state index is 5.61. The molecule has 4 nitrogen and oxygen atoms in total. The Hall–Kier alpha value is -2.53. The molecule has 0 amide bonds. The lowest BCUT2D eigenvalue weighted by Crippen LogP contribution is -2.51. The van der Waals surface area contributed by atoms with Crippen LogP contribution in [0.15, 0.2) is 54.7 Å². The van der Waals surface area contributed by atoms with E-state index in [9.17, 15) is 0 Å². The predicted molar refractivity (Wildman–Crippen MR) is 114 cm³/mol. The summed E-state index contributed by atoms with van der Waals surface area (Å²) in [4.78, 5) is 4.68. The molecule has 0 bridgehead atoms. The van der Waals surface area contributed by atoms with Crippen LogP contribution in [-0.2, 0) is 0 Å². The Morgan fingerprint density at radius 2 is 1.77 bits per heavy atom. The molecule has 5 heteroatoms. The molecule has 0 spiro atoms. The van der Waals surface area contributed by atoms with Gasteiger partial charge in [0.1, 0.15) is 0 Å². The predicted octanol–water partition coefficient (Wildman–Crippen LogP) is 3.46. The van der Waals surface area contributed by atoms with Crippen molar-refractivity contribution in [2.45, 2.75) is 6.92 Å². The Morgan fingerprint density at radius 1 is 1.04 bits per heavy atom. The summed E-state index contributed by atoms with van der Waals surface area (Å²) in [6.45, 7) is 6.84. The molecule has 0 aromatic heterocycles. The Morgan fingerprint density at radius 3 is 2.54 bits per heavy atom. The molecule has 1 fully saturated rings. The van der Waals surface area contributed by atoms with Gasteiger partial charge in [0.2, 0.25) is 0 Å². The molecular weight excluding hydrogens is 340 g/mol. The number of nitrogens with zero attached hydrogens (tertiary/aromatic N) is 2. The van der Waals surface area contributed by atoms with Crippen molar-refractivity contribution in [3.8, 4) is 0 Å².